The van der Waals surface area contributed by atoms with E-state index >= 15 is 0 Å². The average Bonchev–Trinajstić information content (AvgIpc) is 2.95. The van der Waals surface area contributed by atoms with Crippen molar-refractivity contribution in [2.45, 2.75) is 0 Å². The van der Waals surface area contributed by atoms with Crippen LogP contribution in [0, 0.1) is 0 Å². The SMILES string of the molecule is COC(=O)N=C(N(C)C)N(C)C(=O)Nc1ccc(Cl)cc1.COC(=O)N=C(N(C)C)N(C)C(=O)Nc1ccccc1. The summed E-state index contributed by atoms with van der Waals surface area (Å²) in [5.74, 6) is 0.318. The van der Waals surface area contributed by atoms with Crippen LogP contribution in [0.1, 0.15) is 0 Å². The summed E-state index contributed by atoms with van der Waals surface area (Å²) >= 11 is 5.78. The molecule has 6 amide bonds. The fourth-order valence-electron chi connectivity index (χ4n) is 2.86. The maximum Gasteiger partial charge on any atom is 0.436 e. The molecule has 0 fully saturated rings. The molecular formula is C26H35ClN8O6. The second kappa shape index (κ2) is 17.0. The van der Waals surface area contributed by atoms with E-state index in [0.717, 1.165) is 0 Å². The lowest BCUT2D eigenvalue weighted by Gasteiger charge is -2.24. The van der Waals surface area contributed by atoms with E-state index in [1.807, 2.05) is 18.2 Å². The van der Waals surface area contributed by atoms with Gasteiger partial charge in [0.05, 0.1) is 14.2 Å². The zero-order valence-electron chi connectivity index (χ0n) is 24.2. The first-order chi connectivity index (χ1) is 19.3. The lowest BCUT2D eigenvalue weighted by atomic mass is 10.3. The number of urea groups is 2. The number of aliphatic imine (C=N–C) groups is 2. The first kappa shape index (κ1) is 34.2. The molecule has 0 unspecified atom stereocenters. The van der Waals surface area contributed by atoms with E-state index in [0.29, 0.717) is 16.4 Å². The largest absolute Gasteiger partial charge is 0.451 e. The van der Waals surface area contributed by atoms with Crippen molar-refractivity contribution >= 4 is 59.1 Å². The van der Waals surface area contributed by atoms with Gasteiger partial charge in [-0.05, 0) is 36.4 Å². The number of rotatable bonds is 2. The number of anilines is 2. The standard InChI is InChI=1S/C13H17ClN4O3.C13H18N4O3/c1-17(2)11(16-13(20)21-4)18(3)12(19)15-10-7-5-9(14)6-8-10;1-16(2)11(15-13(19)20-4)17(3)12(18)14-10-8-6-5-7-9-10/h5-8H,1-4H3,(H,15,19);5-9H,1-4H3,(H,14,18). The van der Waals surface area contributed by atoms with Crippen LogP contribution in [0.15, 0.2) is 64.6 Å². The summed E-state index contributed by atoms with van der Waals surface area (Å²) in [7, 11) is 12.1. The van der Waals surface area contributed by atoms with Gasteiger partial charge in [0.1, 0.15) is 0 Å². The molecule has 41 heavy (non-hydrogen) atoms. The van der Waals surface area contributed by atoms with Crippen molar-refractivity contribution in [3.8, 4) is 0 Å². The maximum absolute atomic E-state index is 12.1. The Hall–Kier alpha value is -4.85. The molecule has 0 aromatic heterocycles. The minimum Gasteiger partial charge on any atom is -0.451 e. The Kier molecular flexibility index (Phi) is 14.1. The molecule has 0 heterocycles. The maximum atomic E-state index is 12.1. The van der Waals surface area contributed by atoms with Crippen molar-refractivity contribution in [2.75, 3.05) is 67.1 Å². The molecule has 0 aliphatic carbocycles. The van der Waals surface area contributed by atoms with Gasteiger partial charge < -0.3 is 29.9 Å². The van der Waals surface area contributed by atoms with Crippen molar-refractivity contribution < 1.29 is 28.7 Å². The van der Waals surface area contributed by atoms with E-state index in [9.17, 15) is 19.2 Å². The number of carbonyl (C=O) groups is 4. The summed E-state index contributed by atoms with van der Waals surface area (Å²) in [6.45, 7) is 0. The Labute approximate surface area is 244 Å². The van der Waals surface area contributed by atoms with Gasteiger partial charge in [0.15, 0.2) is 0 Å². The molecule has 0 saturated carbocycles. The zero-order valence-corrected chi connectivity index (χ0v) is 25.0. The number of ether oxygens (including phenoxy) is 2. The minimum atomic E-state index is -0.787. The highest BCUT2D eigenvalue weighted by Crippen LogP contribution is 2.14. The number of nitrogens with one attached hydrogen (secondary N) is 2. The summed E-state index contributed by atoms with van der Waals surface area (Å²) in [5, 5.41) is 5.93. The Bertz CT molecular complexity index is 1240. The molecule has 0 saturated heterocycles. The van der Waals surface area contributed by atoms with Gasteiger partial charge in [-0.15, -0.1) is 9.98 Å². The molecule has 0 aliphatic heterocycles. The third kappa shape index (κ3) is 11.8. The monoisotopic (exact) mass is 590 g/mol. The van der Waals surface area contributed by atoms with Gasteiger partial charge in [0.2, 0.25) is 11.9 Å². The van der Waals surface area contributed by atoms with Crippen LogP contribution >= 0.6 is 11.6 Å². The highest BCUT2D eigenvalue weighted by atomic mass is 35.5. The van der Waals surface area contributed by atoms with Gasteiger partial charge in [-0.1, -0.05) is 29.8 Å². The van der Waals surface area contributed by atoms with Crippen LogP contribution in [-0.4, -0.2) is 112 Å². The van der Waals surface area contributed by atoms with Crippen molar-refractivity contribution in [3.63, 3.8) is 0 Å². The number of guanidine groups is 2. The van der Waals surface area contributed by atoms with Crippen molar-refractivity contribution in [1.82, 2.24) is 19.6 Å². The summed E-state index contributed by atoms with van der Waals surface area (Å²) in [4.78, 5) is 59.6. The molecular weight excluding hydrogens is 556 g/mol. The van der Waals surface area contributed by atoms with Gasteiger partial charge >= 0.3 is 24.2 Å². The molecule has 14 nitrogen and oxygen atoms in total. The average molecular weight is 591 g/mol. The number of para-hydroxylation sites is 1. The second-order valence-corrected chi connectivity index (χ2v) is 8.84. The Morgan fingerprint density at radius 1 is 0.634 bits per heavy atom. The molecule has 0 atom stereocenters. The number of carbonyl (C=O) groups excluding carboxylic acids is 4. The van der Waals surface area contributed by atoms with Gasteiger partial charge in [0, 0.05) is 58.7 Å². The Morgan fingerprint density at radius 2 is 1.00 bits per heavy atom. The lowest BCUT2D eigenvalue weighted by Crippen LogP contribution is -2.44. The number of halogens is 1. The lowest BCUT2D eigenvalue weighted by molar-refractivity contribution is 0.180. The third-order valence-corrected chi connectivity index (χ3v) is 5.11. The van der Waals surface area contributed by atoms with Crippen molar-refractivity contribution in [3.05, 3.63) is 59.6 Å². The van der Waals surface area contributed by atoms with Crippen LogP contribution in [-0.2, 0) is 9.47 Å². The van der Waals surface area contributed by atoms with E-state index < -0.39 is 24.2 Å². The number of hydrogen-bond donors (Lipinski definition) is 2. The van der Waals surface area contributed by atoms with Crippen molar-refractivity contribution in [1.29, 1.82) is 0 Å². The fraction of sp³-hybridized carbons (Fsp3) is 0.308. The quantitative estimate of drug-likeness (QED) is 0.388. The van der Waals surface area contributed by atoms with E-state index in [1.165, 1.54) is 43.0 Å². The first-order valence-corrected chi connectivity index (χ1v) is 12.3. The van der Waals surface area contributed by atoms with Crippen LogP contribution < -0.4 is 10.6 Å². The van der Waals surface area contributed by atoms with Gasteiger partial charge in [-0.25, -0.2) is 19.2 Å². The van der Waals surface area contributed by atoms with E-state index in [1.54, 1.807) is 69.5 Å². The number of benzene rings is 2. The number of amides is 6. The minimum absolute atomic E-state index is 0.147. The van der Waals surface area contributed by atoms with E-state index in [4.69, 9.17) is 11.6 Å². The third-order valence-electron chi connectivity index (χ3n) is 4.86. The molecule has 222 valence electrons. The highest BCUT2D eigenvalue weighted by molar-refractivity contribution is 6.30. The van der Waals surface area contributed by atoms with Crippen molar-refractivity contribution in [2.24, 2.45) is 9.98 Å². The Balaban J connectivity index is 0.000000410. The van der Waals surface area contributed by atoms with Crippen LogP contribution in [0.4, 0.5) is 30.6 Å². The summed E-state index contributed by atoms with van der Waals surface area (Å²) in [6, 6.07) is 14.8. The first-order valence-electron chi connectivity index (χ1n) is 11.9. The molecule has 2 rings (SSSR count). The molecule has 2 aromatic carbocycles. The normalized spacial score (nSPS) is 10.8. The van der Waals surface area contributed by atoms with Gasteiger partial charge in [-0.2, -0.15) is 0 Å². The summed E-state index contributed by atoms with van der Waals surface area (Å²) in [6.07, 6.45) is -1.56. The van der Waals surface area contributed by atoms with Crippen LogP contribution in [0.5, 0.6) is 0 Å². The second-order valence-electron chi connectivity index (χ2n) is 8.40. The topological polar surface area (TPSA) is 148 Å². The van der Waals surface area contributed by atoms with Crippen LogP contribution in [0.25, 0.3) is 0 Å². The molecule has 15 heteroatoms. The Morgan fingerprint density at radius 3 is 1.34 bits per heavy atom. The van der Waals surface area contributed by atoms with Gasteiger partial charge in [-0.3, -0.25) is 9.80 Å². The molecule has 2 N–H and O–H groups in total. The highest BCUT2D eigenvalue weighted by Gasteiger charge is 2.20. The van der Waals surface area contributed by atoms with E-state index in [-0.39, 0.29) is 11.9 Å². The van der Waals surface area contributed by atoms with Crippen LogP contribution in [0.2, 0.25) is 5.02 Å². The predicted octanol–water partition coefficient (Wildman–Crippen LogP) is 4.32. The summed E-state index contributed by atoms with van der Waals surface area (Å²) in [5.41, 5.74) is 1.23. The smallest absolute Gasteiger partial charge is 0.436 e. The van der Waals surface area contributed by atoms with E-state index in [2.05, 4.69) is 30.1 Å². The summed E-state index contributed by atoms with van der Waals surface area (Å²) < 4.78 is 8.93. The molecule has 2 aromatic rings. The molecule has 0 spiro atoms. The molecule has 0 radical (unpaired) electrons. The molecule has 0 bridgehead atoms. The zero-order chi connectivity index (χ0) is 31.1. The van der Waals surface area contributed by atoms with Gasteiger partial charge in [0.25, 0.3) is 0 Å². The van der Waals surface area contributed by atoms with Crippen LogP contribution in [0.3, 0.4) is 0 Å². The molecule has 0 aliphatic rings. The predicted molar refractivity (Wildman–Crippen MR) is 159 cm³/mol. The number of nitrogens with zero attached hydrogens (tertiary/aromatic N) is 6. The number of methoxy groups -OCH3 is 2. The number of hydrogen-bond acceptors (Lipinski definition) is 6. The fourth-order valence-corrected chi connectivity index (χ4v) is 2.98.